The van der Waals surface area contributed by atoms with Crippen LogP contribution in [0.3, 0.4) is 0 Å². The molecule has 2 N–H and O–H groups in total. The molecule has 0 saturated heterocycles. The molecule has 2 rings (SSSR count). The van der Waals surface area contributed by atoms with E-state index >= 15 is 0 Å². The van der Waals surface area contributed by atoms with Crippen LogP contribution in [0, 0.1) is 15.9 Å². The fourth-order valence-electron chi connectivity index (χ4n) is 2.44. The van der Waals surface area contributed by atoms with Crippen molar-refractivity contribution >= 4 is 23.2 Å². The van der Waals surface area contributed by atoms with Crippen molar-refractivity contribution < 1.29 is 36.8 Å². The van der Waals surface area contributed by atoms with E-state index in [-0.39, 0.29) is 18.7 Å². The summed E-state index contributed by atoms with van der Waals surface area (Å²) in [5.41, 5.74) is 3.02. The number of anilines is 1. The third-order valence-electron chi connectivity index (χ3n) is 3.85. The van der Waals surface area contributed by atoms with Crippen molar-refractivity contribution in [2.24, 2.45) is 5.73 Å². The van der Waals surface area contributed by atoms with E-state index in [1.807, 2.05) is 0 Å². The number of carbonyl (C=O) groups is 2. The number of nitrogens with zero attached hydrogens (tertiary/aromatic N) is 2. The lowest BCUT2D eigenvalue weighted by Crippen LogP contribution is -2.37. The topological polar surface area (TPSA) is 116 Å². The highest BCUT2D eigenvalue weighted by Gasteiger charge is 2.36. The van der Waals surface area contributed by atoms with Crippen molar-refractivity contribution in [3.05, 3.63) is 64.0 Å². The molecule has 0 aromatic heterocycles. The fraction of sp³-hybridized carbons (Fsp3) is 0.222. The molecule has 12 heteroatoms. The number of nitro groups is 1. The molecule has 2 aromatic rings. The average Bonchev–Trinajstić information content (AvgIpc) is 2.66. The third kappa shape index (κ3) is 5.90. The lowest BCUT2D eigenvalue weighted by molar-refractivity contribution is -0.385. The predicted octanol–water partition coefficient (Wildman–Crippen LogP) is 3.04. The number of primary amides is 1. The summed E-state index contributed by atoms with van der Waals surface area (Å²) in [6.45, 7) is -1.09. The minimum Gasteiger partial charge on any atom is -0.483 e. The molecule has 0 fully saturated rings. The molecule has 30 heavy (non-hydrogen) atoms. The van der Waals surface area contributed by atoms with E-state index < -0.39 is 52.3 Å². The number of nitro benzene ring substituents is 1. The minimum absolute atomic E-state index is 0.172. The molecule has 0 aliphatic rings. The van der Waals surface area contributed by atoms with Crippen molar-refractivity contribution in [2.45, 2.75) is 12.6 Å². The average molecular weight is 429 g/mol. The van der Waals surface area contributed by atoms with Gasteiger partial charge in [-0.25, -0.2) is 4.39 Å². The van der Waals surface area contributed by atoms with E-state index in [1.165, 1.54) is 12.1 Å². The van der Waals surface area contributed by atoms with Gasteiger partial charge in [-0.05, 0) is 30.3 Å². The molecular formula is C18H15F4N3O5. The highest BCUT2D eigenvalue weighted by atomic mass is 19.4. The van der Waals surface area contributed by atoms with Crippen LogP contribution in [-0.2, 0) is 15.8 Å². The van der Waals surface area contributed by atoms with Gasteiger partial charge < -0.3 is 15.4 Å². The Balaban J connectivity index is 2.24. The van der Waals surface area contributed by atoms with Gasteiger partial charge in [0.1, 0.15) is 17.1 Å². The van der Waals surface area contributed by atoms with Gasteiger partial charge in [0.05, 0.1) is 4.92 Å². The summed E-state index contributed by atoms with van der Waals surface area (Å²) in [5, 5.41) is 10.7. The quantitative estimate of drug-likeness (QED) is 0.393. The number of benzene rings is 2. The second-order valence-electron chi connectivity index (χ2n) is 5.96. The smallest absolute Gasteiger partial charge is 0.420 e. The zero-order chi connectivity index (χ0) is 22.5. The first-order valence-electron chi connectivity index (χ1n) is 8.31. The number of carbonyl (C=O) groups excluding carboxylic acids is 2. The van der Waals surface area contributed by atoms with E-state index in [0.29, 0.717) is 6.07 Å². The first-order chi connectivity index (χ1) is 14.0. The Morgan fingerprint density at radius 1 is 1.13 bits per heavy atom. The Hall–Kier alpha value is -3.70. The van der Waals surface area contributed by atoms with E-state index in [0.717, 1.165) is 29.2 Å². The zero-order valence-corrected chi connectivity index (χ0v) is 15.2. The Bertz CT molecular complexity index is 948. The Labute approximate surface area is 167 Å². The maximum absolute atomic E-state index is 13.2. The molecule has 160 valence electrons. The maximum Gasteiger partial charge on any atom is 0.420 e. The SMILES string of the molecule is NC(=O)CCN(C(=O)COc1ccc([N+](=O)[O-])cc1C(F)(F)F)c1ccc(F)cc1. The van der Waals surface area contributed by atoms with Crippen molar-refractivity contribution in [1.82, 2.24) is 0 Å². The van der Waals surface area contributed by atoms with Crippen LogP contribution in [0.5, 0.6) is 5.75 Å². The predicted molar refractivity (Wildman–Crippen MR) is 96.2 cm³/mol. The van der Waals surface area contributed by atoms with E-state index in [4.69, 9.17) is 10.5 Å². The van der Waals surface area contributed by atoms with Gasteiger partial charge in [0, 0.05) is 30.8 Å². The molecule has 0 atom stereocenters. The molecule has 0 bridgehead atoms. The number of hydrogen-bond acceptors (Lipinski definition) is 5. The summed E-state index contributed by atoms with van der Waals surface area (Å²) in [7, 11) is 0. The first-order valence-corrected chi connectivity index (χ1v) is 8.31. The normalized spacial score (nSPS) is 11.1. The van der Waals surface area contributed by atoms with Crippen LogP contribution in [0.2, 0.25) is 0 Å². The fourth-order valence-corrected chi connectivity index (χ4v) is 2.44. The number of non-ortho nitro benzene ring substituents is 1. The highest BCUT2D eigenvalue weighted by Crippen LogP contribution is 2.38. The van der Waals surface area contributed by atoms with Gasteiger partial charge in [-0.15, -0.1) is 0 Å². The second-order valence-corrected chi connectivity index (χ2v) is 5.96. The summed E-state index contributed by atoms with van der Waals surface area (Å²) >= 11 is 0. The lowest BCUT2D eigenvalue weighted by Gasteiger charge is -2.23. The van der Waals surface area contributed by atoms with E-state index in [9.17, 15) is 37.3 Å². The summed E-state index contributed by atoms with van der Waals surface area (Å²) in [6.07, 6.45) is -5.22. The number of amides is 2. The zero-order valence-electron chi connectivity index (χ0n) is 15.2. The molecule has 0 spiro atoms. The molecule has 0 radical (unpaired) electrons. The van der Waals surface area contributed by atoms with Crippen LogP contribution in [0.4, 0.5) is 28.9 Å². The minimum atomic E-state index is -4.97. The van der Waals surface area contributed by atoms with Gasteiger partial charge in [0.15, 0.2) is 6.61 Å². The molecule has 0 aliphatic carbocycles. The number of hydrogen-bond donors (Lipinski definition) is 1. The molecular weight excluding hydrogens is 414 g/mol. The standard InChI is InChI=1S/C18H15F4N3O5/c19-11-1-3-12(4-2-11)24(8-7-16(23)26)17(27)10-30-15-6-5-13(25(28)29)9-14(15)18(20,21)22/h1-6,9H,7-8,10H2,(H2,23,26). The number of nitrogens with two attached hydrogens (primary N) is 1. The lowest BCUT2D eigenvalue weighted by atomic mass is 10.1. The summed E-state index contributed by atoms with van der Waals surface area (Å²) in [5.74, 6) is -2.94. The summed E-state index contributed by atoms with van der Waals surface area (Å²) in [6, 6.07) is 6.42. The summed E-state index contributed by atoms with van der Waals surface area (Å²) in [4.78, 5) is 34.3. The van der Waals surface area contributed by atoms with Gasteiger partial charge in [-0.1, -0.05) is 0 Å². The second kappa shape index (κ2) is 9.20. The molecule has 2 amide bonds. The Kier molecular flexibility index (Phi) is 6.93. The van der Waals surface area contributed by atoms with Crippen molar-refractivity contribution in [3.63, 3.8) is 0 Å². The number of alkyl halides is 3. The molecule has 0 unspecified atom stereocenters. The van der Waals surface area contributed by atoms with Gasteiger partial charge >= 0.3 is 6.18 Å². The van der Waals surface area contributed by atoms with Crippen LogP contribution < -0.4 is 15.4 Å². The van der Waals surface area contributed by atoms with Crippen LogP contribution >= 0.6 is 0 Å². The largest absolute Gasteiger partial charge is 0.483 e. The van der Waals surface area contributed by atoms with Gasteiger partial charge in [0.25, 0.3) is 11.6 Å². The van der Waals surface area contributed by atoms with E-state index in [2.05, 4.69) is 0 Å². The molecule has 0 aliphatic heterocycles. The van der Waals surface area contributed by atoms with Crippen LogP contribution in [0.1, 0.15) is 12.0 Å². The monoisotopic (exact) mass is 429 g/mol. The number of halogens is 4. The summed E-state index contributed by atoms with van der Waals surface area (Å²) < 4.78 is 57.7. The van der Waals surface area contributed by atoms with Crippen molar-refractivity contribution in [1.29, 1.82) is 0 Å². The van der Waals surface area contributed by atoms with Crippen LogP contribution in [0.25, 0.3) is 0 Å². The number of ether oxygens (including phenoxy) is 1. The number of rotatable bonds is 8. The Morgan fingerprint density at radius 2 is 1.77 bits per heavy atom. The third-order valence-corrected chi connectivity index (χ3v) is 3.85. The van der Waals surface area contributed by atoms with E-state index in [1.54, 1.807) is 0 Å². The molecule has 8 nitrogen and oxygen atoms in total. The molecule has 0 heterocycles. The molecule has 0 saturated carbocycles. The van der Waals surface area contributed by atoms with Crippen molar-refractivity contribution in [2.75, 3.05) is 18.1 Å². The maximum atomic E-state index is 13.2. The Morgan fingerprint density at radius 3 is 2.30 bits per heavy atom. The van der Waals surface area contributed by atoms with Crippen LogP contribution in [-0.4, -0.2) is 29.9 Å². The first kappa shape index (κ1) is 22.6. The highest BCUT2D eigenvalue weighted by molar-refractivity contribution is 5.95. The van der Waals surface area contributed by atoms with Gasteiger partial charge in [-0.2, -0.15) is 13.2 Å². The van der Waals surface area contributed by atoms with Gasteiger partial charge in [-0.3, -0.25) is 19.7 Å². The van der Waals surface area contributed by atoms with Gasteiger partial charge in [0.2, 0.25) is 5.91 Å². The van der Waals surface area contributed by atoms with Crippen LogP contribution in [0.15, 0.2) is 42.5 Å². The van der Waals surface area contributed by atoms with Crippen molar-refractivity contribution in [3.8, 4) is 5.75 Å². The molecule has 2 aromatic carbocycles.